The highest BCUT2D eigenvalue weighted by atomic mass is 16.5. The first-order valence-corrected chi connectivity index (χ1v) is 7.56. The molecule has 2 aromatic carbocycles. The van der Waals surface area contributed by atoms with Gasteiger partial charge in [0.2, 0.25) is 0 Å². The van der Waals surface area contributed by atoms with Crippen LogP contribution in [0.25, 0.3) is 11.0 Å². The first-order chi connectivity index (χ1) is 11.1. The number of furan rings is 1. The lowest BCUT2D eigenvalue weighted by molar-refractivity contribution is -0.123. The first-order valence-electron chi connectivity index (χ1n) is 7.56. The van der Waals surface area contributed by atoms with Gasteiger partial charge in [0, 0.05) is 5.39 Å². The van der Waals surface area contributed by atoms with E-state index in [2.05, 4.69) is 5.32 Å². The lowest BCUT2D eigenvalue weighted by Gasteiger charge is -2.10. The summed E-state index contributed by atoms with van der Waals surface area (Å²) in [5, 5.41) is 3.84. The standard InChI is InChI=1S/C19H19NO3/c1-13-6-5-9-17(14(13)2)22-12-19(21)20-11-16-10-15-7-3-4-8-18(15)23-16/h3-10H,11-12H2,1-2H3,(H,20,21). The van der Waals surface area contributed by atoms with Gasteiger partial charge in [0.15, 0.2) is 6.61 Å². The Kier molecular flexibility index (Phi) is 4.33. The number of benzene rings is 2. The Balaban J connectivity index is 1.54. The molecule has 1 aromatic heterocycles. The fraction of sp³-hybridized carbons (Fsp3) is 0.211. The van der Waals surface area contributed by atoms with Crippen LogP contribution in [0.4, 0.5) is 0 Å². The minimum atomic E-state index is -0.175. The zero-order valence-electron chi connectivity index (χ0n) is 13.3. The molecule has 4 heteroatoms. The first kappa shape index (κ1) is 15.2. The largest absolute Gasteiger partial charge is 0.483 e. The van der Waals surface area contributed by atoms with Crippen molar-refractivity contribution in [2.75, 3.05) is 6.61 Å². The van der Waals surface area contributed by atoms with Gasteiger partial charge in [-0.3, -0.25) is 4.79 Å². The van der Waals surface area contributed by atoms with Crippen molar-refractivity contribution in [2.24, 2.45) is 0 Å². The average Bonchev–Trinajstić information content (AvgIpc) is 2.97. The van der Waals surface area contributed by atoms with Crippen molar-refractivity contribution < 1.29 is 13.9 Å². The van der Waals surface area contributed by atoms with Gasteiger partial charge >= 0.3 is 0 Å². The summed E-state index contributed by atoms with van der Waals surface area (Å²) in [6, 6.07) is 15.5. The number of para-hydroxylation sites is 1. The summed E-state index contributed by atoms with van der Waals surface area (Å²) in [5.41, 5.74) is 3.02. The summed E-state index contributed by atoms with van der Waals surface area (Å²) >= 11 is 0. The van der Waals surface area contributed by atoms with Crippen molar-refractivity contribution >= 4 is 16.9 Å². The summed E-state index contributed by atoms with van der Waals surface area (Å²) in [5.74, 6) is 1.29. The van der Waals surface area contributed by atoms with Gasteiger partial charge in [0.05, 0.1) is 6.54 Å². The van der Waals surface area contributed by atoms with E-state index in [1.807, 2.05) is 62.4 Å². The number of fused-ring (bicyclic) bond motifs is 1. The van der Waals surface area contributed by atoms with E-state index >= 15 is 0 Å². The maximum atomic E-state index is 11.9. The minimum Gasteiger partial charge on any atom is -0.483 e. The molecule has 1 N–H and O–H groups in total. The summed E-state index contributed by atoms with van der Waals surface area (Å²) in [6.45, 7) is 4.34. The number of amides is 1. The maximum absolute atomic E-state index is 11.9. The molecule has 1 heterocycles. The van der Waals surface area contributed by atoms with Crippen molar-refractivity contribution in [1.29, 1.82) is 0 Å². The fourth-order valence-corrected chi connectivity index (χ4v) is 2.38. The van der Waals surface area contributed by atoms with E-state index in [1.165, 1.54) is 0 Å². The maximum Gasteiger partial charge on any atom is 0.258 e. The SMILES string of the molecule is Cc1cccc(OCC(=O)NCc2cc3ccccc3o2)c1C. The van der Waals surface area contributed by atoms with Crippen molar-refractivity contribution in [1.82, 2.24) is 5.32 Å². The molecule has 0 aliphatic heterocycles. The number of hydrogen-bond donors (Lipinski definition) is 1. The molecule has 4 nitrogen and oxygen atoms in total. The number of nitrogens with one attached hydrogen (secondary N) is 1. The number of carbonyl (C=O) groups excluding carboxylic acids is 1. The van der Waals surface area contributed by atoms with Crippen LogP contribution < -0.4 is 10.1 Å². The van der Waals surface area contributed by atoms with Crippen molar-refractivity contribution in [3.05, 3.63) is 65.4 Å². The Labute approximate surface area is 135 Å². The number of rotatable bonds is 5. The summed E-state index contributed by atoms with van der Waals surface area (Å²) in [4.78, 5) is 11.9. The molecule has 0 fully saturated rings. The summed E-state index contributed by atoms with van der Waals surface area (Å²) < 4.78 is 11.2. The molecule has 0 spiro atoms. The molecule has 0 radical (unpaired) electrons. The van der Waals surface area contributed by atoms with Crippen LogP contribution in [-0.2, 0) is 11.3 Å². The Morgan fingerprint density at radius 1 is 1.13 bits per heavy atom. The minimum absolute atomic E-state index is 0.00940. The van der Waals surface area contributed by atoms with Crippen LogP contribution in [0, 0.1) is 13.8 Å². The highest BCUT2D eigenvalue weighted by Crippen LogP contribution is 2.20. The highest BCUT2D eigenvalue weighted by Gasteiger charge is 2.08. The predicted octanol–water partition coefficient (Wildman–Crippen LogP) is 3.74. The second kappa shape index (κ2) is 6.57. The van der Waals surface area contributed by atoms with Crippen LogP contribution in [0.15, 0.2) is 52.9 Å². The van der Waals surface area contributed by atoms with Crippen LogP contribution in [-0.4, -0.2) is 12.5 Å². The smallest absolute Gasteiger partial charge is 0.258 e. The van der Waals surface area contributed by atoms with Crippen LogP contribution >= 0.6 is 0 Å². The lowest BCUT2D eigenvalue weighted by Crippen LogP contribution is -2.28. The Morgan fingerprint density at radius 2 is 1.96 bits per heavy atom. The Morgan fingerprint density at radius 3 is 2.78 bits per heavy atom. The summed E-state index contributed by atoms with van der Waals surface area (Å²) in [7, 11) is 0. The molecule has 0 saturated heterocycles. The second-order valence-corrected chi connectivity index (χ2v) is 5.51. The van der Waals surface area contributed by atoms with Gasteiger partial charge in [-0.1, -0.05) is 30.3 Å². The van der Waals surface area contributed by atoms with Crippen molar-refractivity contribution in [3.63, 3.8) is 0 Å². The monoisotopic (exact) mass is 309 g/mol. The van der Waals surface area contributed by atoms with Gasteiger partial charge in [-0.05, 0) is 43.2 Å². The lowest BCUT2D eigenvalue weighted by atomic mass is 10.1. The third kappa shape index (κ3) is 3.54. The van der Waals surface area contributed by atoms with E-state index in [4.69, 9.17) is 9.15 Å². The average molecular weight is 309 g/mol. The molecule has 0 aliphatic rings. The molecule has 23 heavy (non-hydrogen) atoms. The van der Waals surface area contributed by atoms with Gasteiger partial charge in [-0.2, -0.15) is 0 Å². The van der Waals surface area contributed by atoms with E-state index in [-0.39, 0.29) is 12.5 Å². The third-order valence-corrected chi connectivity index (χ3v) is 3.85. The number of carbonyl (C=O) groups is 1. The molecule has 0 saturated carbocycles. The van der Waals surface area contributed by atoms with E-state index in [0.29, 0.717) is 6.54 Å². The molecule has 0 atom stereocenters. The molecule has 1 amide bonds. The van der Waals surface area contributed by atoms with Gasteiger partial charge in [0.1, 0.15) is 17.1 Å². The van der Waals surface area contributed by atoms with Gasteiger partial charge < -0.3 is 14.5 Å². The number of hydrogen-bond acceptors (Lipinski definition) is 3. The Hall–Kier alpha value is -2.75. The molecule has 118 valence electrons. The predicted molar refractivity (Wildman–Crippen MR) is 89.5 cm³/mol. The topological polar surface area (TPSA) is 51.5 Å². The van der Waals surface area contributed by atoms with Crippen LogP contribution in [0.2, 0.25) is 0 Å². The molecule has 0 aliphatic carbocycles. The Bertz CT molecular complexity index is 803. The van der Waals surface area contributed by atoms with E-state index in [1.54, 1.807) is 0 Å². The van der Waals surface area contributed by atoms with E-state index in [9.17, 15) is 4.79 Å². The molecule has 0 bridgehead atoms. The van der Waals surface area contributed by atoms with E-state index in [0.717, 1.165) is 33.6 Å². The zero-order chi connectivity index (χ0) is 16.2. The zero-order valence-corrected chi connectivity index (χ0v) is 13.3. The van der Waals surface area contributed by atoms with Crippen LogP contribution in [0.3, 0.4) is 0 Å². The van der Waals surface area contributed by atoms with Gasteiger partial charge in [0.25, 0.3) is 5.91 Å². The van der Waals surface area contributed by atoms with Crippen molar-refractivity contribution in [2.45, 2.75) is 20.4 Å². The normalized spacial score (nSPS) is 10.7. The van der Waals surface area contributed by atoms with Gasteiger partial charge in [-0.15, -0.1) is 0 Å². The van der Waals surface area contributed by atoms with Gasteiger partial charge in [-0.25, -0.2) is 0 Å². The molecular weight excluding hydrogens is 290 g/mol. The summed E-state index contributed by atoms with van der Waals surface area (Å²) in [6.07, 6.45) is 0. The van der Waals surface area contributed by atoms with E-state index < -0.39 is 0 Å². The number of aryl methyl sites for hydroxylation is 1. The van der Waals surface area contributed by atoms with Crippen LogP contribution in [0.5, 0.6) is 5.75 Å². The quantitative estimate of drug-likeness (QED) is 0.781. The highest BCUT2D eigenvalue weighted by molar-refractivity contribution is 5.79. The third-order valence-electron chi connectivity index (χ3n) is 3.85. The molecule has 0 unspecified atom stereocenters. The molecule has 3 aromatic rings. The molecular formula is C19H19NO3. The fourth-order valence-electron chi connectivity index (χ4n) is 2.38. The molecule has 3 rings (SSSR count). The second-order valence-electron chi connectivity index (χ2n) is 5.51. The number of ether oxygens (including phenoxy) is 1. The van der Waals surface area contributed by atoms with Crippen molar-refractivity contribution in [3.8, 4) is 5.75 Å². The van der Waals surface area contributed by atoms with Crippen LogP contribution in [0.1, 0.15) is 16.9 Å².